The van der Waals surface area contributed by atoms with Crippen molar-refractivity contribution < 1.29 is 9.53 Å². The van der Waals surface area contributed by atoms with E-state index >= 15 is 0 Å². The van der Waals surface area contributed by atoms with Gasteiger partial charge in [-0.05, 0) is 45.4 Å². The van der Waals surface area contributed by atoms with Gasteiger partial charge in [0.1, 0.15) is 6.61 Å². The third kappa shape index (κ3) is 5.85. The molecule has 1 fully saturated rings. The Bertz CT molecular complexity index is 213. The molecule has 94 valence electrons. The molecule has 16 heavy (non-hydrogen) atoms. The second-order valence-corrected chi connectivity index (χ2v) is 6.08. The van der Waals surface area contributed by atoms with Gasteiger partial charge in [-0.15, -0.1) is 0 Å². The van der Waals surface area contributed by atoms with E-state index in [1.54, 1.807) is 0 Å². The van der Waals surface area contributed by atoms with Crippen LogP contribution in [0.1, 0.15) is 39.5 Å². The molecule has 0 aromatic rings. The summed E-state index contributed by atoms with van der Waals surface area (Å²) in [7, 11) is 0. The number of ether oxygens (including phenoxy) is 1. The molecule has 0 radical (unpaired) electrons. The average molecular weight is 292 g/mol. The maximum atomic E-state index is 11.4. The van der Waals surface area contributed by atoms with Crippen molar-refractivity contribution in [3.05, 3.63) is 0 Å². The molecule has 1 N–H and O–H groups in total. The summed E-state index contributed by atoms with van der Waals surface area (Å²) in [5.74, 6) is 0.659. The molecule has 0 bridgehead atoms. The Labute approximate surface area is 106 Å². The Kier molecular flexibility index (Phi) is 6.36. The maximum Gasteiger partial charge on any atom is 0.246 e. The Morgan fingerprint density at radius 2 is 2.00 bits per heavy atom. The number of hydrogen-bond donors (Lipinski definition) is 1. The van der Waals surface area contributed by atoms with Crippen LogP contribution in [0.2, 0.25) is 0 Å². The fourth-order valence-corrected chi connectivity index (χ4v) is 2.41. The van der Waals surface area contributed by atoms with Gasteiger partial charge in [-0.25, -0.2) is 0 Å². The summed E-state index contributed by atoms with van der Waals surface area (Å²) in [5, 5.41) is 2.94. The minimum absolute atomic E-state index is 0.00895. The van der Waals surface area contributed by atoms with Crippen molar-refractivity contribution in [3.8, 4) is 0 Å². The highest BCUT2D eigenvalue weighted by atomic mass is 79.9. The van der Waals surface area contributed by atoms with Crippen LogP contribution >= 0.6 is 15.9 Å². The molecule has 4 heteroatoms. The molecule has 0 aromatic carbocycles. The van der Waals surface area contributed by atoms with E-state index in [9.17, 15) is 4.79 Å². The van der Waals surface area contributed by atoms with Gasteiger partial charge in [0.15, 0.2) is 0 Å². The molecule has 0 unspecified atom stereocenters. The molecule has 1 rings (SSSR count). The summed E-state index contributed by atoms with van der Waals surface area (Å²) in [6, 6.07) is 0. The summed E-state index contributed by atoms with van der Waals surface area (Å²) in [4.78, 5) is 12.1. The lowest BCUT2D eigenvalue weighted by molar-refractivity contribution is -0.127. The van der Waals surface area contributed by atoms with Crippen LogP contribution in [0.25, 0.3) is 0 Å². The molecule has 1 aliphatic rings. The Balaban J connectivity index is 2.07. The average Bonchev–Trinajstić information content (AvgIpc) is 2.25. The summed E-state index contributed by atoms with van der Waals surface area (Å²) < 4.78 is 5.24. The van der Waals surface area contributed by atoms with Crippen molar-refractivity contribution >= 4 is 21.8 Å². The van der Waals surface area contributed by atoms with Gasteiger partial charge in [0.05, 0.1) is 6.10 Å². The van der Waals surface area contributed by atoms with Gasteiger partial charge in [0.2, 0.25) is 5.91 Å². The number of carbonyl (C=O) groups excluding carboxylic acids is 1. The quantitative estimate of drug-likeness (QED) is 0.791. The largest absolute Gasteiger partial charge is 0.369 e. The second kappa shape index (κ2) is 7.28. The zero-order chi connectivity index (χ0) is 12.0. The van der Waals surface area contributed by atoms with Gasteiger partial charge in [-0.2, -0.15) is 0 Å². The van der Waals surface area contributed by atoms with Crippen LogP contribution < -0.4 is 5.32 Å². The van der Waals surface area contributed by atoms with Crippen molar-refractivity contribution in [2.24, 2.45) is 5.92 Å². The molecule has 0 aliphatic heterocycles. The topological polar surface area (TPSA) is 38.3 Å². The van der Waals surface area contributed by atoms with Crippen molar-refractivity contribution in [2.45, 2.75) is 50.5 Å². The number of halogens is 1. The molecular weight excluding hydrogens is 270 g/mol. The Hall–Kier alpha value is -0.0900. The van der Waals surface area contributed by atoms with E-state index in [2.05, 4.69) is 21.2 Å². The van der Waals surface area contributed by atoms with Crippen LogP contribution in [0.15, 0.2) is 0 Å². The van der Waals surface area contributed by atoms with Crippen molar-refractivity contribution in [1.29, 1.82) is 0 Å². The monoisotopic (exact) mass is 291 g/mol. The van der Waals surface area contributed by atoms with Crippen LogP contribution in [0.5, 0.6) is 0 Å². The predicted molar refractivity (Wildman–Crippen MR) is 68.8 cm³/mol. The first-order chi connectivity index (χ1) is 7.58. The van der Waals surface area contributed by atoms with Crippen LogP contribution in [-0.2, 0) is 9.53 Å². The van der Waals surface area contributed by atoms with Crippen molar-refractivity contribution in [2.75, 3.05) is 13.2 Å². The third-order valence-corrected chi connectivity index (χ3v) is 3.83. The van der Waals surface area contributed by atoms with E-state index in [0.717, 1.165) is 6.54 Å². The highest BCUT2D eigenvalue weighted by Gasteiger charge is 2.19. The van der Waals surface area contributed by atoms with E-state index in [4.69, 9.17) is 4.74 Å². The van der Waals surface area contributed by atoms with Gasteiger partial charge < -0.3 is 10.1 Å². The molecule has 0 heterocycles. The molecule has 0 aromatic heterocycles. The lowest BCUT2D eigenvalue weighted by Gasteiger charge is -2.25. The lowest BCUT2D eigenvalue weighted by atomic mass is 9.89. The highest BCUT2D eigenvalue weighted by Crippen LogP contribution is 2.27. The van der Waals surface area contributed by atoms with Gasteiger partial charge >= 0.3 is 0 Å². The van der Waals surface area contributed by atoms with E-state index in [-0.39, 0.29) is 18.6 Å². The molecule has 0 atom stereocenters. The first-order valence-electron chi connectivity index (χ1n) is 6.10. The number of carbonyl (C=O) groups is 1. The summed E-state index contributed by atoms with van der Waals surface area (Å²) in [6.45, 7) is 4.86. The Morgan fingerprint density at radius 1 is 1.38 bits per heavy atom. The van der Waals surface area contributed by atoms with Crippen molar-refractivity contribution in [3.63, 3.8) is 0 Å². The molecule has 3 nitrogen and oxygen atoms in total. The SMILES string of the molecule is CC(C)OCC(=O)NCC1CCC(Br)CC1. The van der Waals surface area contributed by atoms with E-state index < -0.39 is 0 Å². The highest BCUT2D eigenvalue weighted by molar-refractivity contribution is 9.09. The summed E-state index contributed by atoms with van der Waals surface area (Å²) >= 11 is 3.63. The second-order valence-electron chi connectivity index (χ2n) is 4.78. The van der Waals surface area contributed by atoms with Gasteiger partial charge in [0, 0.05) is 11.4 Å². The van der Waals surface area contributed by atoms with E-state index in [1.807, 2.05) is 13.8 Å². The number of hydrogen-bond acceptors (Lipinski definition) is 2. The van der Waals surface area contributed by atoms with Crippen molar-refractivity contribution in [1.82, 2.24) is 5.32 Å². The fraction of sp³-hybridized carbons (Fsp3) is 0.917. The smallest absolute Gasteiger partial charge is 0.246 e. The third-order valence-electron chi connectivity index (χ3n) is 2.91. The minimum atomic E-state index is 0.00895. The minimum Gasteiger partial charge on any atom is -0.369 e. The molecule has 1 saturated carbocycles. The van der Waals surface area contributed by atoms with Crippen LogP contribution in [0.3, 0.4) is 0 Å². The zero-order valence-corrected chi connectivity index (χ0v) is 11.8. The number of alkyl halides is 1. The standard InChI is InChI=1S/C12H22BrNO2/c1-9(2)16-8-12(15)14-7-10-3-5-11(13)6-4-10/h9-11H,3-8H2,1-2H3,(H,14,15). The lowest BCUT2D eigenvalue weighted by Crippen LogP contribution is -2.34. The molecule has 1 aliphatic carbocycles. The van der Waals surface area contributed by atoms with Crippen LogP contribution in [0, 0.1) is 5.92 Å². The molecule has 0 saturated heterocycles. The zero-order valence-electron chi connectivity index (χ0n) is 10.2. The van der Waals surface area contributed by atoms with Gasteiger partial charge in [0.25, 0.3) is 0 Å². The summed E-state index contributed by atoms with van der Waals surface area (Å²) in [6.07, 6.45) is 4.99. The fourth-order valence-electron chi connectivity index (χ4n) is 1.88. The molecule has 1 amide bonds. The van der Waals surface area contributed by atoms with Gasteiger partial charge in [-0.3, -0.25) is 4.79 Å². The predicted octanol–water partition coefficient (Wildman–Crippen LogP) is 2.48. The molecular formula is C12H22BrNO2. The number of nitrogens with one attached hydrogen (secondary N) is 1. The van der Waals surface area contributed by atoms with Gasteiger partial charge in [-0.1, -0.05) is 15.9 Å². The molecule has 0 spiro atoms. The maximum absolute atomic E-state index is 11.4. The first kappa shape index (κ1) is 14.0. The summed E-state index contributed by atoms with van der Waals surface area (Å²) in [5.41, 5.74) is 0. The Morgan fingerprint density at radius 3 is 2.56 bits per heavy atom. The van der Waals surface area contributed by atoms with Crippen LogP contribution in [0.4, 0.5) is 0 Å². The van der Waals surface area contributed by atoms with E-state index in [1.165, 1.54) is 25.7 Å². The number of rotatable bonds is 5. The first-order valence-corrected chi connectivity index (χ1v) is 7.02. The normalized spacial score (nSPS) is 25.8. The number of amides is 1. The van der Waals surface area contributed by atoms with E-state index in [0.29, 0.717) is 10.7 Å². The van der Waals surface area contributed by atoms with Crippen LogP contribution in [-0.4, -0.2) is 30.0 Å².